The second kappa shape index (κ2) is 7.61. The van der Waals surface area contributed by atoms with Crippen molar-refractivity contribution in [3.63, 3.8) is 0 Å². The number of carbonyl (C=O) groups is 1. The number of para-hydroxylation sites is 1. The molecule has 6 nitrogen and oxygen atoms in total. The highest BCUT2D eigenvalue weighted by Gasteiger charge is 2.16. The quantitative estimate of drug-likeness (QED) is 0.228. The van der Waals surface area contributed by atoms with E-state index < -0.39 is 5.63 Å². The van der Waals surface area contributed by atoms with Crippen molar-refractivity contribution in [2.75, 3.05) is 5.75 Å². The number of hydrogen-bond acceptors (Lipinski definition) is 7. The maximum atomic E-state index is 12.5. The van der Waals surface area contributed by atoms with Gasteiger partial charge >= 0.3 is 5.63 Å². The first-order valence-electron chi connectivity index (χ1n) is 9.19. The topological polar surface area (TPSA) is 86.2 Å². The zero-order valence-corrected chi connectivity index (χ0v) is 16.4. The van der Waals surface area contributed by atoms with Crippen LogP contribution in [0.15, 0.2) is 91.6 Å². The van der Waals surface area contributed by atoms with Gasteiger partial charge in [0.2, 0.25) is 5.89 Å². The summed E-state index contributed by atoms with van der Waals surface area (Å²) in [4.78, 5) is 24.7. The van der Waals surface area contributed by atoms with Gasteiger partial charge in [-0.3, -0.25) is 4.79 Å². The Hall–Kier alpha value is -3.71. The van der Waals surface area contributed by atoms with Crippen LogP contribution in [0, 0.1) is 0 Å². The fourth-order valence-electron chi connectivity index (χ4n) is 3.17. The van der Waals surface area contributed by atoms with Crippen molar-refractivity contribution < 1.29 is 13.6 Å². The maximum Gasteiger partial charge on any atom is 0.347 e. The molecule has 0 unspecified atom stereocenters. The van der Waals surface area contributed by atoms with E-state index in [1.165, 1.54) is 0 Å². The molecule has 0 fully saturated rings. The van der Waals surface area contributed by atoms with Crippen molar-refractivity contribution in [3.8, 4) is 11.5 Å². The van der Waals surface area contributed by atoms with Gasteiger partial charge in [-0.1, -0.05) is 60.3 Å². The van der Waals surface area contributed by atoms with E-state index >= 15 is 0 Å². The number of fused-ring (bicyclic) bond motifs is 2. The third kappa shape index (κ3) is 3.51. The van der Waals surface area contributed by atoms with E-state index in [0.717, 1.165) is 28.1 Å². The number of ketones is 1. The van der Waals surface area contributed by atoms with Crippen LogP contribution in [-0.2, 0) is 0 Å². The van der Waals surface area contributed by atoms with E-state index in [9.17, 15) is 9.59 Å². The first-order chi connectivity index (χ1) is 14.7. The number of rotatable bonds is 5. The van der Waals surface area contributed by atoms with Gasteiger partial charge in [-0.2, -0.15) is 0 Å². The molecule has 0 saturated carbocycles. The lowest BCUT2D eigenvalue weighted by Gasteiger charge is -2.01. The summed E-state index contributed by atoms with van der Waals surface area (Å²) in [5, 5.41) is 11.2. The predicted molar refractivity (Wildman–Crippen MR) is 115 cm³/mol. The van der Waals surface area contributed by atoms with Gasteiger partial charge in [-0.05, 0) is 35.0 Å². The standard InChI is InChI=1S/C23H14N2O4S/c26-19(18-12-16-7-3-4-8-20(16)28-22(18)27)13-30-23-25-24-21(29-23)17-10-9-14-5-1-2-6-15(14)11-17/h1-12H,13H2. The SMILES string of the molecule is O=C(CSc1nnc(-c2ccc3ccccc3c2)o1)c1cc2ccccc2oc1=O. The third-order valence-electron chi connectivity index (χ3n) is 4.67. The lowest BCUT2D eigenvalue weighted by atomic mass is 10.1. The number of carbonyl (C=O) groups excluding carboxylic acids is 1. The molecule has 5 rings (SSSR count). The Balaban J connectivity index is 1.33. The molecule has 0 spiro atoms. The molecular formula is C23H14N2O4S. The van der Waals surface area contributed by atoms with E-state index in [4.69, 9.17) is 8.83 Å². The van der Waals surface area contributed by atoms with Gasteiger partial charge in [-0.25, -0.2) is 4.79 Å². The Kier molecular flexibility index (Phi) is 4.65. The zero-order chi connectivity index (χ0) is 20.5. The van der Waals surface area contributed by atoms with Crippen LogP contribution in [0.1, 0.15) is 10.4 Å². The number of benzene rings is 3. The monoisotopic (exact) mass is 414 g/mol. The van der Waals surface area contributed by atoms with Crippen LogP contribution in [-0.4, -0.2) is 21.7 Å². The van der Waals surface area contributed by atoms with E-state index in [1.54, 1.807) is 24.3 Å². The normalized spacial score (nSPS) is 11.2. The van der Waals surface area contributed by atoms with Crippen LogP contribution in [0.4, 0.5) is 0 Å². The van der Waals surface area contributed by atoms with Gasteiger partial charge in [0, 0.05) is 10.9 Å². The molecule has 0 bridgehead atoms. The number of hydrogen-bond donors (Lipinski definition) is 0. The molecule has 0 aliphatic rings. The van der Waals surface area contributed by atoms with Crippen molar-refractivity contribution in [2.45, 2.75) is 5.22 Å². The Labute approximate surface area is 174 Å². The number of aromatic nitrogens is 2. The summed E-state index contributed by atoms with van der Waals surface area (Å²) in [5.41, 5.74) is 0.607. The molecule has 0 radical (unpaired) electrons. The molecule has 30 heavy (non-hydrogen) atoms. The molecule has 3 aromatic carbocycles. The van der Waals surface area contributed by atoms with Gasteiger partial charge in [0.15, 0.2) is 5.78 Å². The first-order valence-corrected chi connectivity index (χ1v) is 10.2. The maximum absolute atomic E-state index is 12.5. The molecule has 7 heteroatoms. The number of Topliss-reactive ketones (excluding diaryl/α,β-unsaturated/α-hetero) is 1. The zero-order valence-electron chi connectivity index (χ0n) is 15.6. The second-order valence-corrected chi connectivity index (χ2v) is 7.56. The van der Waals surface area contributed by atoms with Crippen LogP contribution < -0.4 is 5.63 Å². The van der Waals surface area contributed by atoms with E-state index in [-0.39, 0.29) is 22.3 Å². The van der Waals surface area contributed by atoms with Gasteiger partial charge in [-0.15, -0.1) is 10.2 Å². The minimum atomic E-state index is -0.651. The fourth-order valence-corrected chi connectivity index (χ4v) is 3.81. The van der Waals surface area contributed by atoms with Gasteiger partial charge in [0.1, 0.15) is 11.1 Å². The summed E-state index contributed by atoms with van der Waals surface area (Å²) in [6.07, 6.45) is 0. The molecule has 0 aliphatic heterocycles. The van der Waals surface area contributed by atoms with Crippen LogP contribution in [0.5, 0.6) is 0 Å². The molecule has 0 atom stereocenters. The molecule has 146 valence electrons. The Morgan fingerprint density at radius 2 is 1.60 bits per heavy atom. The number of thioether (sulfide) groups is 1. The highest BCUT2D eigenvalue weighted by Crippen LogP contribution is 2.26. The van der Waals surface area contributed by atoms with Gasteiger partial charge in [0.25, 0.3) is 5.22 Å². The average Bonchev–Trinajstić information content (AvgIpc) is 3.26. The first kappa shape index (κ1) is 18.3. The summed E-state index contributed by atoms with van der Waals surface area (Å²) in [5.74, 6) is 0.00788. The lowest BCUT2D eigenvalue weighted by Crippen LogP contribution is -2.15. The highest BCUT2D eigenvalue weighted by atomic mass is 32.2. The molecule has 2 heterocycles. The summed E-state index contributed by atoms with van der Waals surface area (Å²) in [7, 11) is 0. The van der Waals surface area contributed by atoms with Gasteiger partial charge < -0.3 is 8.83 Å². The largest absolute Gasteiger partial charge is 0.422 e. The minimum absolute atomic E-state index is 0.00969. The molecule has 5 aromatic rings. The molecular weight excluding hydrogens is 400 g/mol. The van der Waals surface area contributed by atoms with Crippen molar-refractivity contribution in [2.24, 2.45) is 0 Å². The van der Waals surface area contributed by atoms with Crippen LogP contribution >= 0.6 is 11.8 Å². The van der Waals surface area contributed by atoms with E-state index in [2.05, 4.69) is 10.2 Å². The molecule has 2 aromatic heterocycles. The van der Waals surface area contributed by atoms with Crippen LogP contribution in [0.25, 0.3) is 33.2 Å². The van der Waals surface area contributed by atoms with Crippen LogP contribution in [0.3, 0.4) is 0 Å². The summed E-state index contributed by atoms with van der Waals surface area (Å²) in [6, 6.07) is 22.5. The van der Waals surface area contributed by atoms with Gasteiger partial charge in [0.05, 0.1) is 5.75 Å². The summed E-state index contributed by atoms with van der Waals surface area (Å²) in [6.45, 7) is 0. The molecule has 0 amide bonds. The van der Waals surface area contributed by atoms with Crippen molar-refractivity contribution in [1.29, 1.82) is 0 Å². The summed E-state index contributed by atoms with van der Waals surface area (Å²) >= 11 is 1.09. The highest BCUT2D eigenvalue weighted by molar-refractivity contribution is 7.99. The molecule has 0 saturated heterocycles. The van der Waals surface area contributed by atoms with E-state index in [1.807, 2.05) is 48.5 Å². The molecule has 0 N–H and O–H groups in total. The Morgan fingerprint density at radius 3 is 2.47 bits per heavy atom. The smallest absolute Gasteiger partial charge is 0.347 e. The predicted octanol–water partition coefficient (Wildman–Crippen LogP) is 4.97. The Bertz CT molecular complexity index is 1450. The van der Waals surface area contributed by atoms with Crippen molar-refractivity contribution in [3.05, 3.63) is 88.8 Å². The average molecular weight is 414 g/mol. The molecule has 0 aliphatic carbocycles. The summed E-state index contributed by atoms with van der Waals surface area (Å²) < 4.78 is 10.9. The minimum Gasteiger partial charge on any atom is -0.422 e. The van der Waals surface area contributed by atoms with Crippen molar-refractivity contribution in [1.82, 2.24) is 10.2 Å². The number of nitrogens with zero attached hydrogens (tertiary/aromatic N) is 2. The fraction of sp³-hybridized carbons (Fsp3) is 0.0435. The van der Waals surface area contributed by atoms with Crippen LogP contribution in [0.2, 0.25) is 0 Å². The Morgan fingerprint density at radius 1 is 0.833 bits per heavy atom. The third-order valence-corrected chi connectivity index (χ3v) is 5.49. The lowest BCUT2D eigenvalue weighted by molar-refractivity contribution is 0.101. The second-order valence-electron chi connectivity index (χ2n) is 6.63. The van der Waals surface area contributed by atoms with Crippen molar-refractivity contribution >= 4 is 39.3 Å². The van der Waals surface area contributed by atoms with E-state index in [0.29, 0.717) is 16.9 Å².